The molecule has 1 aromatic heterocycles. The lowest BCUT2D eigenvalue weighted by Crippen LogP contribution is -2.10. The van der Waals surface area contributed by atoms with Crippen molar-refractivity contribution in [2.75, 3.05) is 7.11 Å². The Balaban J connectivity index is 2.92. The van der Waals surface area contributed by atoms with Gasteiger partial charge < -0.3 is 4.74 Å². The minimum Gasteiger partial charge on any atom is -0.464 e. The highest BCUT2D eigenvalue weighted by atomic mass is 16.5. The Kier molecular flexibility index (Phi) is 4.89. The molecule has 4 heteroatoms. The van der Waals surface area contributed by atoms with Gasteiger partial charge in [-0.15, -0.1) is 0 Å². The molecule has 0 fully saturated rings. The van der Waals surface area contributed by atoms with Crippen molar-refractivity contribution in [1.29, 1.82) is 0 Å². The molecule has 0 spiro atoms. The van der Waals surface area contributed by atoms with Crippen LogP contribution >= 0.6 is 0 Å². The molecule has 0 aliphatic heterocycles. The van der Waals surface area contributed by atoms with Crippen molar-refractivity contribution in [3.8, 4) is 0 Å². The number of carbonyl (C=O) groups is 1. The van der Waals surface area contributed by atoms with Crippen LogP contribution in [0.3, 0.4) is 0 Å². The molecule has 1 aromatic rings. The van der Waals surface area contributed by atoms with Crippen molar-refractivity contribution < 1.29 is 9.53 Å². The third-order valence-corrected chi connectivity index (χ3v) is 2.56. The highest BCUT2D eigenvalue weighted by Crippen LogP contribution is 2.21. The van der Waals surface area contributed by atoms with Gasteiger partial charge in [0.2, 0.25) is 0 Å². The lowest BCUT2D eigenvalue weighted by atomic mass is 10.00. The Morgan fingerprint density at radius 3 is 2.81 bits per heavy atom. The van der Waals surface area contributed by atoms with E-state index in [-0.39, 0.29) is 0 Å². The van der Waals surface area contributed by atoms with Gasteiger partial charge in [0.05, 0.1) is 7.11 Å². The van der Waals surface area contributed by atoms with Gasteiger partial charge in [0, 0.05) is 12.1 Å². The van der Waals surface area contributed by atoms with Gasteiger partial charge in [-0.25, -0.2) is 14.8 Å². The molecule has 0 N–H and O–H groups in total. The quantitative estimate of drug-likeness (QED) is 0.718. The van der Waals surface area contributed by atoms with Gasteiger partial charge >= 0.3 is 5.97 Å². The molecular weight excluding hydrogens is 204 g/mol. The van der Waals surface area contributed by atoms with E-state index in [1.54, 1.807) is 12.3 Å². The SMILES string of the molecule is CCCC(CC)c1nccc(C(=O)OC)n1. The molecule has 16 heavy (non-hydrogen) atoms. The fourth-order valence-corrected chi connectivity index (χ4v) is 1.65. The maximum absolute atomic E-state index is 11.3. The number of methoxy groups -OCH3 is 1. The lowest BCUT2D eigenvalue weighted by Gasteiger charge is -2.12. The standard InChI is InChI=1S/C12H18N2O2/c1-4-6-9(5-2)11-13-8-7-10(14-11)12(15)16-3/h7-9H,4-6H2,1-3H3. The molecular formula is C12H18N2O2. The summed E-state index contributed by atoms with van der Waals surface area (Å²) in [6, 6.07) is 1.58. The zero-order valence-corrected chi connectivity index (χ0v) is 10.1. The zero-order chi connectivity index (χ0) is 12.0. The number of hydrogen-bond donors (Lipinski definition) is 0. The van der Waals surface area contributed by atoms with Crippen LogP contribution in [0.25, 0.3) is 0 Å². The first kappa shape index (κ1) is 12.6. The minimum absolute atomic E-state index is 0.328. The average molecular weight is 222 g/mol. The normalized spacial score (nSPS) is 12.2. The van der Waals surface area contributed by atoms with Gasteiger partial charge in [-0.2, -0.15) is 0 Å². The third-order valence-electron chi connectivity index (χ3n) is 2.56. The predicted octanol–water partition coefficient (Wildman–Crippen LogP) is 2.56. The molecule has 0 bridgehead atoms. The first-order valence-corrected chi connectivity index (χ1v) is 5.64. The molecule has 1 heterocycles. The second-order valence-corrected chi connectivity index (χ2v) is 3.69. The van der Waals surface area contributed by atoms with Crippen LogP contribution in [0.5, 0.6) is 0 Å². The van der Waals surface area contributed by atoms with E-state index in [0.29, 0.717) is 11.6 Å². The fourth-order valence-electron chi connectivity index (χ4n) is 1.65. The van der Waals surface area contributed by atoms with Crippen molar-refractivity contribution in [3.63, 3.8) is 0 Å². The van der Waals surface area contributed by atoms with Gasteiger partial charge in [0.1, 0.15) is 5.82 Å². The van der Waals surface area contributed by atoms with Crippen molar-refractivity contribution >= 4 is 5.97 Å². The molecule has 4 nitrogen and oxygen atoms in total. The topological polar surface area (TPSA) is 52.1 Å². The van der Waals surface area contributed by atoms with Crippen molar-refractivity contribution in [1.82, 2.24) is 9.97 Å². The Bertz CT molecular complexity index is 353. The Morgan fingerprint density at radius 1 is 1.50 bits per heavy atom. The van der Waals surface area contributed by atoms with Crippen LogP contribution in [-0.4, -0.2) is 23.0 Å². The van der Waals surface area contributed by atoms with Crippen LogP contribution in [0.1, 0.15) is 55.3 Å². The number of aromatic nitrogens is 2. The second-order valence-electron chi connectivity index (χ2n) is 3.69. The molecule has 1 unspecified atom stereocenters. The maximum Gasteiger partial charge on any atom is 0.356 e. The summed E-state index contributed by atoms with van der Waals surface area (Å²) in [6.45, 7) is 4.24. The summed E-state index contributed by atoms with van der Waals surface area (Å²) in [7, 11) is 1.35. The molecule has 1 atom stereocenters. The van der Waals surface area contributed by atoms with E-state index in [1.807, 2.05) is 0 Å². The molecule has 0 radical (unpaired) electrons. The van der Waals surface area contributed by atoms with Gasteiger partial charge in [-0.05, 0) is 18.9 Å². The summed E-state index contributed by atoms with van der Waals surface area (Å²) in [5.41, 5.74) is 0.335. The summed E-state index contributed by atoms with van der Waals surface area (Å²) in [6.07, 6.45) is 4.73. The molecule has 0 aromatic carbocycles. The second kappa shape index (κ2) is 6.20. The van der Waals surface area contributed by atoms with Crippen molar-refractivity contribution in [2.24, 2.45) is 0 Å². The van der Waals surface area contributed by atoms with Crippen LogP contribution in [0.15, 0.2) is 12.3 Å². The van der Waals surface area contributed by atoms with E-state index in [1.165, 1.54) is 7.11 Å². The Morgan fingerprint density at radius 2 is 2.25 bits per heavy atom. The largest absolute Gasteiger partial charge is 0.464 e. The van der Waals surface area contributed by atoms with E-state index in [9.17, 15) is 4.79 Å². The Hall–Kier alpha value is -1.45. The minimum atomic E-state index is -0.407. The molecule has 0 amide bonds. The maximum atomic E-state index is 11.3. The third kappa shape index (κ3) is 3.02. The van der Waals surface area contributed by atoms with Gasteiger partial charge in [0.25, 0.3) is 0 Å². The molecule has 0 saturated carbocycles. The van der Waals surface area contributed by atoms with E-state index < -0.39 is 5.97 Å². The first-order valence-electron chi connectivity index (χ1n) is 5.64. The molecule has 0 saturated heterocycles. The van der Waals surface area contributed by atoms with E-state index in [2.05, 4.69) is 28.6 Å². The summed E-state index contributed by atoms with van der Waals surface area (Å²) in [5, 5.41) is 0. The van der Waals surface area contributed by atoms with Gasteiger partial charge in [-0.1, -0.05) is 20.3 Å². The molecule has 88 valence electrons. The number of hydrogen-bond acceptors (Lipinski definition) is 4. The summed E-state index contributed by atoms with van der Waals surface area (Å²) < 4.78 is 4.64. The number of rotatable bonds is 5. The number of ether oxygens (including phenoxy) is 1. The first-order chi connectivity index (χ1) is 7.72. The van der Waals surface area contributed by atoms with Crippen LogP contribution in [0.2, 0.25) is 0 Å². The number of nitrogens with zero attached hydrogens (tertiary/aromatic N) is 2. The summed E-state index contributed by atoms with van der Waals surface area (Å²) >= 11 is 0. The van der Waals surface area contributed by atoms with Gasteiger partial charge in [-0.3, -0.25) is 0 Å². The Labute approximate surface area is 96.1 Å². The smallest absolute Gasteiger partial charge is 0.356 e. The monoisotopic (exact) mass is 222 g/mol. The molecule has 1 rings (SSSR count). The van der Waals surface area contributed by atoms with Crippen LogP contribution in [-0.2, 0) is 4.74 Å². The summed E-state index contributed by atoms with van der Waals surface area (Å²) in [4.78, 5) is 19.8. The highest BCUT2D eigenvalue weighted by molar-refractivity contribution is 5.86. The lowest BCUT2D eigenvalue weighted by molar-refractivity contribution is 0.0593. The van der Waals surface area contributed by atoms with Crippen molar-refractivity contribution in [3.05, 3.63) is 23.8 Å². The predicted molar refractivity (Wildman–Crippen MR) is 61.3 cm³/mol. The van der Waals surface area contributed by atoms with E-state index in [4.69, 9.17) is 0 Å². The number of carbonyl (C=O) groups excluding carboxylic acids is 1. The molecule has 0 aliphatic rings. The highest BCUT2D eigenvalue weighted by Gasteiger charge is 2.14. The van der Waals surface area contributed by atoms with Crippen LogP contribution in [0.4, 0.5) is 0 Å². The van der Waals surface area contributed by atoms with Crippen LogP contribution < -0.4 is 0 Å². The van der Waals surface area contributed by atoms with E-state index >= 15 is 0 Å². The summed E-state index contributed by atoms with van der Waals surface area (Å²) in [5.74, 6) is 0.664. The zero-order valence-electron chi connectivity index (χ0n) is 10.1. The van der Waals surface area contributed by atoms with Gasteiger partial charge in [0.15, 0.2) is 5.69 Å². The van der Waals surface area contributed by atoms with Crippen molar-refractivity contribution in [2.45, 2.75) is 39.0 Å². The average Bonchev–Trinajstić information content (AvgIpc) is 2.35. The number of esters is 1. The molecule has 0 aliphatic carbocycles. The van der Waals surface area contributed by atoms with E-state index in [0.717, 1.165) is 25.1 Å². The van der Waals surface area contributed by atoms with Crippen LogP contribution in [0, 0.1) is 0 Å². The fraction of sp³-hybridized carbons (Fsp3) is 0.583.